The maximum Gasteiger partial charge on any atom is 0.459 e. The number of aromatic amines is 1. The summed E-state index contributed by atoms with van der Waals surface area (Å²) < 4.78 is 30.2. The molecule has 1 aromatic carbocycles. The number of nitrogens with zero attached hydrogens (tertiary/aromatic N) is 4. The average Bonchev–Trinajstić information content (AvgIpc) is 3.47. The van der Waals surface area contributed by atoms with Crippen molar-refractivity contribution in [3.8, 4) is 28.4 Å². The van der Waals surface area contributed by atoms with Crippen molar-refractivity contribution in [3.05, 3.63) is 90.4 Å². The molecule has 5 rings (SSSR count). The Morgan fingerprint density at radius 1 is 1.00 bits per heavy atom. The highest BCUT2D eigenvalue weighted by molar-refractivity contribution is 7.52. The quantitative estimate of drug-likeness (QED) is 0.151. The van der Waals surface area contributed by atoms with Crippen LogP contribution in [0.1, 0.15) is 25.1 Å². The van der Waals surface area contributed by atoms with Crippen LogP contribution in [0.2, 0.25) is 0 Å². The first-order valence-electron chi connectivity index (χ1n) is 13.0. The highest BCUT2D eigenvalue weighted by atomic mass is 31.2. The summed E-state index contributed by atoms with van der Waals surface area (Å²) in [4.78, 5) is 26.1. The lowest BCUT2D eigenvalue weighted by Crippen LogP contribution is -2.35. The molecule has 5 aromatic rings. The van der Waals surface area contributed by atoms with Gasteiger partial charge in [-0.15, -0.1) is 0 Å². The average molecular weight is 573 g/mol. The molecule has 11 nitrogen and oxygen atoms in total. The van der Waals surface area contributed by atoms with E-state index >= 15 is 0 Å². The van der Waals surface area contributed by atoms with E-state index in [1.54, 1.807) is 55.7 Å². The number of rotatable bonds is 11. The number of fused-ring (bicyclic) bond motifs is 1. The first kappa shape index (κ1) is 28.1. The van der Waals surface area contributed by atoms with E-state index < -0.39 is 19.8 Å². The van der Waals surface area contributed by atoms with Crippen LogP contribution in [0.5, 0.6) is 5.75 Å². The fourth-order valence-electron chi connectivity index (χ4n) is 4.06. The molecule has 41 heavy (non-hydrogen) atoms. The molecule has 210 valence electrons. The Morgan fingerprint density at radius 2 is 1.83 bits per heavy atom. The third-order valence-electron chi connectivity index (χ3n) is 6.02. The SMILES string of the molecule is CCOC(=O)[C@H](C)NP(=O)(OCc1cnc2ccc(-c3cn[nH]c3-c3cccc(C)n3)nc2c1)Oc1ccccc1. The van der Waals surface area contributed by atoms with Crippen molar-refractivity contribution < 1.29 is 23.1 Å². The number of H-pyrrole nitrogens is 1. The van der Waals surface area contributed by atoms with Crippen LogP contribution in [0.4, 0.5) is 0 Å². The second kappa shape index (κ2) is 12.4. The van der Waals surface area contributed by atoms with Crippen LogP contribution >= 0.6 is 7.75 Å². The minimum atomic E-state index is -4.01. The molecule has 0 aliphatic carbocycles. The van der Waals surface area contributed by atoms with Gasteiger partial charge in [0.05, 0.1) is 47.5 Å². The first-order chi connectivity index (χ1) is 19.8. The third kappa shape index (κ3) is 6.83. The Kier molecular flexibility index (Phi) is 8.49. The summed E-state index contributed by atoms with van der Waals surface area (Å²) in [7, 11) is -4.01. The van der Waals surface area contributed by atoms with E-state index in [4.69, 9.17) is 18.8 Å². The second-order valence-electron chi connectivity index (χ2n) is 9.18. The zero-order valence-electron chi connectivity index (χ0n) is 22.8. The van der Waals surface area contributed by atoms with Crippen molar-refractivity contribution in [1.82, 2.24) is 30.2 Å². The van der Waals surface area contributed by atoms with E-state index in [9.17, 15) is 9.36 Å². The van der Waals surface area contributed by atoms with Gasteiger partial charge in [-0.2, -0.15) is 10.2 Å². The number of ether oxygens (including phenoxy) is 1. The molecule has 0 saturated carbocycles. The van der Waals surface area contributed by atoms with Gasteiger partial charge >= 0.3 is 13.7 Å². The van der Waals surface area contributed by atoms with Crippen LogP contribution in [-0.2, 0) is 25.2 Å². The molecule has 0 aliphatic rings. The Hall–Kier alpha value is -4.44. The number of aryl methyl sites for hydroxylation is 1. The normalized spacial score (nSPS) is 13.4. The summed E-state index contributed by atoms with van der Waals surface area (Å²) in [6.07, 6.45) is 3.33. The number of carbonyl (C=O) groups is 1. The van der Waals surface area contributed by atoms with Gasteiger partial charge in [-0.25, -0.2) is 9.55 Å². The summed E-state index contributed by atoms with van der Waals surface area (Å²) in [5.41, 5.74) is 5.79. The molecule has 0 radical (unpaired) electrons. The monoisotopic (exact) mass is 572 g/mol. The molecule has 0 fully saturated rings. The number of carbonyl (C=O) groups excluding carboxylic acids is 1. The zero-order valence-corrected chi connectivity index (χ0v) is 23.7. The first-order valence-corrected chi connectivity index (χ1v) is 14.5. The van der Waals surface area contributed by atoms with Crippen molar-refractivity contribution >= 4 is 24.7 Å². The standard InChI is InChI=1S/C29H29N6O5P/c1-4-38-29(36)20(3)35-41(37,40-22-10-6-5-7-11-22)39-18-21-15-27-25(30-16-21)14-13-24(33-27)23-17-31-34-28(23)26-12-8-9-19(2)32-26/h5-17,20H,4,18H2,1-3H3,(H,31,34)(H,35,37)/t20-,41?/m0/s1. The molecule has 2 N–H and O–H groups in total. The minimum absolute atomic E-state index is 0.119. The fraction of sp³-hybridized carbons (Fsp3) is 0.207. The number of hydrogen-bond acceptors (Lipinski definition) is 9. The summed E-state index contributed by atoms with van der Waals surface area (Å²) in [6.45, 7) is 5.22. The van der Waals surface area contributed by atoms with Gasteiger partial charge in [0.1, 0.15) is 11.8 Å². The molecule has 4 aromatic heterocycles. The van der Waals surface area contributed by atoms with Crippen molar-refractivity contribution in [2.24, 2.45) is 0 Å². The van der Waals surface area contributed by atoms with Crippen LogP contribution in [0.15, 0.2) is 79.1 Å². The van der Waals surface area contributed by atoms with E-state index in [2.05, 4.69) is 25.3 Å². The predicted octanol–water partition coefficient (Wildman–Crippen LogP) is 5.64. The molecule has 2 atom stereocenters. The molecule has 4 heterocycles. The highest BCUT2D eigenvalue weighted by Gasteiger charge is 2.32. The second-order valence-corrected chi connectivity index (χ2v) is 10.9. The molecule has 0 aliphatic heterocycles. The smallest absolute Gasteiger partial charge is 0.459 e. The fourth-order valence-corrected chi connectivity index (χ4v) is 5.54. The van der Waals surface area contributed by atoms with Gasteiger partial charge in [-0.3, -0.25) is 24.4 Å². The van der Waals surface area contributed by atoms with Crippen LogP contribution in [0.25, 0.3) is 33.7 Å². The van der Waals surface area contributed by atoms with E-state index in [1.165, 1.54) is 6.92 Å². The Bertz CT molecular complexity index is 1710. The lowest BCUT2D eigenvalue weighted by molar-refractivity contribution is -0.144. The number of para-hydroxylation sites is 1. The van der Waals surface area contributed by atoms with Crippen LogP contribution in [-0.4, -0.2) is 43.8 Å². The number of aromatic nitrogens is 5. The number of hydrogen-bond donors (Lipinski definition) is 2. The van der Waals surface area contributed by atoms with Gasteiger partial charge in [0, 0.05) is 17.5 Å². The van der Waals surface area contributed by atoms with Gasteiger partial charge < -0.3 is 9.26 Å². The van der Waals surface area contributed by atoms with Gasteiger partial charge in [-0.05, 0) is 68.8 Å². The third-order valence-corrected chi connectivity index (χ3v) is 7.64. The van der Waals surface area contributed by atoms with E-state index in [-0.39, 0.29) is 13.2 Å². The maximum absolute atomic E-state index is 13.7. The molecule has 0 spiro atoms. The van der Waals surface area contributed by atoms with Crippen LogP contribution < -0.4 is 9.61 Å². The topological polar surface area (TPSA) is 141 Å². The van der Waals surface area contributed by atoms with Crippen LogP contribution in [0, 0.1) is 6.92 Å². The van der Waals surface area contributed by atoms with E-state index in [0.717, 1.165) is 22.6 Å². The number of esters is 1. The van der Waals surface area contributed by atoms with E-state index in [1.807, 2.05) is 37.3 Å². The Morgan fingerprint density at radius 3 is 2.61 bits per heavy atom. The largest absolute Gasteiger partial charge is 0.465 e. The molecular weight excluding hydrogens is 543 g/mol. The molecule has 0 saturated heterocycles. The summed E-state index contributed by atoms with van der Waals surface area (Å²) in [5.74, 6) is -0.252. The highest BCUT2D eigenvalue weighted by Crippen LogP contribution is 2.45. The van der Waals surface area contributed by atoms with Crippen molar-refractivity contribution in [1.29, 1.82) is 0 Å². The summed E-state index contributed by atoms with van der Waals surface area (Å²) in [6, 6.07) is 19.0. The van der Waals surface area contributed by atoms with Gasteiger partial charge in [0.2, 0.25) is 0 Å². The van der Waals surface area contributed by atoms with Crippen molar-refractivity contribution in [3.63, 3.8) is 0 Å². The molecule has 1 unspecified atom stereocenters. The van der Waals surface area contributed by atoms with Gasteiger partial charge in [0.25, 0.3) is 0 Å². The Balaban J connectivity index is 1.39. The Labute approximate surface area is 236 Å². The predicted molar refractivity (Wildman–Crippen MR) is 154 cm³/mol. The zero-order chi connectivity index (χ0) is 28.8. The minimum Gasteiger partial charge on any atom is -0.465 e. The summed E-state index contributed by atoms with van der Waals surface area (Å²) in [5, 5.41) is 9.91. The summed E-state index contributed by atoms with van der Waals surface area (Å²) >= 11 is 0. The molecule has 0 amide bonds. The maximum atomic E-state index is 13.7. The molecule has 0 bridgehead atoms. The van der Waals surface area contributed by atoms with Crippen molar-refractivity contribution in [2.75, 3.05) is 6.61 Å². The number of benzene rings is 1. The van der Waals surface area contributed by atoms with Crippen molar-refractivity contribution in [2.45, 2.75) is 33.4 Å². The van der Waals surface area contributed by atoms with Crippen LogP contribution in [0.3, 0.4) is 0 Å². The van der Waals surface area contributed by atoms with Gasteiger partial charge in [0.15, 0.2) is 0 Å². The van der Waals surface area contributed by atoms with E-state index in [0.29, 0.717) is 28.0 Å². The molecular formula is C29H29N6O5P. The number of nitrogens with one attached hydrogen (secondary N) is 2. The molecule has 12 heteroatoms. The number of pyridine rings is 3. The lowest BCUT2D eigenvalue weighted by atomic mass is 10.1. The lowest BCUT2D eigenvalue weighted by Gasteiger charge is -2.22. The van der Waals surface area contributed by atoms with Gasteiger partial charge in [-0.1, -0.05) is 24.3 Å².